The molecule has 0 aliphatic carbocycles. The lowest BCUT2D eigenvalue weighted by atomic mass is 10.1. The molecule has 0 aromatic carbocycles. The van der Waals surface area contributed by atoms with Gasteiger partial charge in [0.15, 0.2) is 10.9 Å². The normalized spacial score (nSPS) is 8.48. The van der Waals surface area contributed by atoms with Gasteiger partial charge in [-0.25, -0.2) is 9.97 Å². The van der Waals surface area contributed by atoms with E-state index in [2.05, 4.69) is 114 Å². The third-order valence-corrected chi connectivity index (χ3v) is 5.06. The second kappa shape index (κ2) is 18.9. The van der Waals surface area contributed by atoms with Gasteiger partial charge in [0.25, 0.3) is 0 Å². The molecule has 0 fully saturated rings. The molecular formula is C32H32N10O4. The maximum atomic E-state index is 9.24. The van der Waals surface area contributed by atoms with E-state index < -0.39 is 5.03 Å². The van der Waals surface area contributed by atoms with Gasteiger partial charge in [-0.1, -0.05) is 22.2 Å². The molecule has 0 amide bonds. The Morgan fingerprint density at radius 3 is 1.72 bits per heavy atom. The molecule has 0 aliphatic heterocycles. The molecule has 0 saturated carbocycles. The second-order valence-electron chi connectivity index (χ2n) is 8.10. The molecule has 14 heteroatoms. The van der Waals surface area contributed by atoms with Crippen molar-refractivity contribution in [2.24, 2.45) is 16.3 Å². The monoisotopic (exact) mass is 620 g/mol. The summed E-state index contributed by atoms with van der Waals surface area (Å²) in [5.41, 5.74) is 6.99. The standard InChI is InChI=1S/C16H15N5O2.C16H6.H3N5O2.4H2/c1-8-13(10(3)22-19-8)12-7-21-6-5-17-16(21)15(18-12)14-9(2)20-23-11(14)4;1-3-5-7-9-11-13-15-16-14-12-10-8-6-4-2;1-2-3-4-5(6)7;;;;/h5-7H,1-4H3;1-2H3;(H2,1,3)(H,2,4);4*1H. The van der Waals surface area contributed by atoms with E-state index in [0.717, 1.165) is 51.1 Å². The Bertz CT molecular complexity index is 2110. The van der Waals surface area contributed by atoms with Crippen molar-refractivity contribution in [1.29, 1.82) is 0 Å². The van der Waals surface area contributed by atoms with Crippen molar-refractivity contribution in [3.63, 3.8) is 0 Å². The lowest BCUT2D eigenvalue weighted by Crippen LogP contribution is -2.13. The van der Waals surface area contributed by atoms with Gasteiger partial charge < -0.3 is 23.6 Å². The molecule has 4 aromatic heterocycles. The van der Waals surface area contributed by atoms with Crippen molar-refractivity contribution in [2.45, 2.75) is 41.5 Å². The molecule has 4 rings (SSSR count). The van der Waals surface area contributed by atoms with Crippen LogP contribution in [0.1, 0.15) is 42.5 Å². The summed E-state index contributed by atoms with van der Waals surface area (Å²) in [5.74, 6) is 41.4. The number of nitrogens with one attached hydrogen (secondary N) is 1. The van der Waals surface area contributed by atoms with Crippen LogP contribution in [0, 0.1) is 121 Å². The van der Waals surface area contributed by atoms with Gasteiger partial charge in [0.1, 0.15) is 17.2 Å². The van der Waals surface area contributed by atoms with Gasteiger partial charge in [0.05, 0.1) is 38.5 Å². The largest absolute Gasteiger partial charge is 0.361 e. The molecule has 0 bridgehead atoms. The summed E-state index contributed by atoms with van der Waals surface area (Å²) >= 11 is 0. The number of aromatic nitrogens is 5. The number of rotatable bonds is 4. The minimum Gasteiger partial charge on any atom is -0.361 e. The molecule has 46 heavy (non-hydrogen) atoms. The van der Waals surface area contributed by atoms with E-state index in [-0.39, 0.29) is 5.71 Å². The van der Waals surface area contributed by atoms with E-state index in [9.17, 15) is 10.1 Å². The minimum absolute atomic E-state index is 0. The molecule has 0 saturated heterocycles. The number of hydrogen-bond donors (Lipinski definition) is 2. The fourth-order valence-corrected chi connectivity index (χ4v) is 3.39. The Hall–Kier alpha value is -7.44. The van der Waals surface area contributed by atoms with E-state index in [1.54, 1.807) is 20.0 Å². The van der Waals surface area contributed by atoms with Crippen molar-refractivity contribution >= 4 is 5.65 Å². The highest BCUT2D eigenvalue weighted by Crippen LogP contribution is 2.32. The van der Waals surface area contributed by atoms with E-state index in [1.807, 2.05) is 44.5 Å². The van der Waals surface area contributed by atoms with Crippen molar-refractivity contribution in [3.05, 3.63) is 51.6 Å². The first-order valence-electron chi connectivity index (χ1n) is 12.8. The van der Waals surface area contributed by atoms with Crippen LogP contribution < -0.4 is 11.4 Å². The Morgan fingerprint density at radius 1 is 0.848 bits per heavy atom. The van der Waals surface area contributed by atoms with Gasteiger partial charge in [-0.15, -0.1) is 0 Å². The molecule has 0 atom stereocenters. The van der Waals surface area contributed by atoms with Crippen LogP contribution in [0.15, 0.2) is 38.1 Å². The fraction of sp³-hybridized carbons (Fsp3) is 0.188. The zero-order valence-corrected chi connectivity index (χ0v) is 25.5. The number of nitro groups is 1. The summed E-state index contributed by atoms with van der Waals surface area (Å²) in [5, 5.41) is 21.6. The first-order chi connectivity index (χ1) is 22.2. The average Bonchev–Trinajstić information content (AvgIpc) is 3.74. The van der Waals surface area contributed by atoms with E-state index in [4.69, 9.17) is 14.0 Å². The first-order valence-corrected chi connectivity index (χ1v) is 12.8. The number of nitrogens with two attached hydrogens (primary N) is 1. The van der Waals surface area contributed by atoms with E-state index in [0.29, 0.717) is 0 Å². The summed E-state index contributed by atoms with van der Waals surface area (Å²) in [6, 6.07) is 0. The minimum atomic E-state index is -0.879. The van der Waals surface area contributed by atoms with Gasteiger partial charge in [0.2, 0.25) is 0 Å². The van der Waals surface area contributed by atoms with Crippen LogP contribution in [0.2, 0.25) is 0 Å². The number of aryl methyl sites for hydroxylation is 4. The Labute approximate surface area is 270 Å². The number of fused-ring (bicyclic) bond motifs is 1. The van der Waals surface area contributed by atoms with Gasteiger partial charge in [-0.05, 0) is 113 Å². The molecule has 14 nitrogen and oxygen atoms in total. The van der Waals surface area contributed by atoms with Crippen LogP contribution >= 0.6 is 0 Å². The summed E-state index contributed by atoms with van der Waals surface area (Å²) in [6.07, 6.45) is 5.56. The van der Waals surface area contributed by atoms with Crippen molar-refractivity contribution in [3.8, 4) is 105 Å². The average molecular weight is 621 g/mol. The van der Waals surface area contributed by atoms with Gasteiger partial charge in [-0.3, -0.25) is 5.84 Å². The highest BCUT2D eigenvalue weighted by molar-refractivity contribution is 5.79. The Balaban J connectivity index is -0.000000726. The van der Waals surface area contributed by atoms with E-state index >= 15 is 0 Å². The van der Waals surface area contributed by atoms with Crippen LogP contribution in [-0.4, -0.2) is 29.7 Å². The zero-order valence-electron chi connectivity index (χ0n) is 25.5. The third-order valence-electron chi connectivity index (χ3n) is 5.06. The number of hydrazine groups is 1. The molecule has 4 heterocycles. The van der Waals surface area contributed by atoms with Gasteiger partial charge >= 0.3 is 0 Å². The highest BCUT2D eigenvalue weighted by Gasteiger charge is 2.21. The lowest BCUT2D eigenvalue weighted by molar-refractivity contribution is -0.546. The van der Waals surface area contributed by atoms with Gasteiger partial charge in [0, 0.05) is 29.8 Å². The SMILES string of the molecule is CC#CC#CC#CC#CC#CC#CC#CC.Cc1noc(C)c1-c1cn2ccnc2c(-c2c(C)noc2C)n1.NN=NN[N+](=O)[O-].[HH].[HH].[HH].[HH]. The molecule has 4 aromatic rings. The van der Waals surface area contributed by atoms with Crippen LogP contribution in [-0.2, 0) is 0 Å². The number of nitrogens with zero attached hydrogens (tertiary/aromatic N) is 8. The predicted octanol–water partition coefficient (Wildman–Crippen LogP) is 4.32. The molecule has 234 valence electrons. The van der Waals surface area contributed by atoms with Crippen molar-refractivity contribution in [1.82, 2.24) is 30.2 Å². The maximum absolute atomic E-state index is 9.24. The highest BCUT2D eigenvalue weighted by atomic mass is 16.7. The first kappa shape index (κ1) is 34.8. The molecular weight excluding hydrogens is 588 g/mol. The molecule has 0 unspecified atom stereocenters. The smallest absolute Gasteiger partial charge is 0.193 e. The molecule has 0 radical (unpaired) electrons. The third kappa shape index (κ3) is 10.8. The van der Waals surface area contributed by atoms with E-state index in [1.165, 1.54) is 5.53 Å². The molecule has 0 aliphatic rings. The predicted molar refractivity (Wildman–Crippen MR) is 176 cm³/mol. The summed E-state index contributed by atoms with van der Waals surface area (Å²) < 4.78 is 12.5. The van der Waals surface area contributed by atoms with Crippen molar-refractivity contribution < 1.29 is 19.8 Å². The molecule has 3 N–H and O–H groups in total. The van der Waals surface area contributed by atoms with Crippen LogP contribution in [0.25, 0.3) is 28.2 Å². The Morgan fingerprint density at radius 2 is 1.33 bits per heavy atom. The van der Waals surface area contributed by atoms with Crippen LogP contribution in [0.5, 0.6) is 0 Å². The topological polar surface area (TPSA) is 188 Å². The quantitative estimate of drug-likeness (QED) is 0.109. The number of hydrogen-bond acceptors (Lipinski definition) is 10. The van der Waals surface area contributed by atoms with Gasteiger partial charge in [-0.2, -0.15) is 0 Å². The summed E-state index contributed by atoms with van der Waals surface area (Å²) in [4.78, 5) is 18.5. The maximum Gasteiger partial charge on any atom is 0.193 e. The summed E-state index contributed by atoms with van der Waals surface area (Å²) in [6.45, 7) is 11.0. The van der Waals surface area contributed by atoms with Crippen LogP contribution in [0.4, 0.5) is 0 Å². The lowest BCUT2D eigenvalue weighted by Gasteiger charge is -2.07. The van der Waals surface area contributed by atoms with Crippen LogP contribution in [0.3, 0.4) is 0 Å². The molecule has 0 spiro atoms. The fourth-order valence-electron chi connectivity index (χ4n) is 3.39. The second-order valence-corrected chi connectivity index (χ2v) is 8.10. The summed E-state index contributed by atoms with van der Waals surface area (Å²) in [7, 11) is 0. The zero-order chi connectivity index (χ0) is 33.7. The number of imidazole rings is 1. The Kier molecular flexibility index (Phi) is 14.3. The van der Waals surface area contributed by atoms with Crippen molar-refractivity contribution in [2.75, 3.05) is 0 Å².